The topological polar surface area (TPSA) is 110 Å². The zero-order valence-electron chi connectivity index (χ0n) is 12.8. The van der Waals surface area contributed by atoms with E-state index in [1.165, 1.54) is 0 Å². The van der Waals surface area contributed by atoms with Gasteiger partial charge >= 0.3 is 0 Å². The van der Waals surface area contributed by atoms with Crippen molar-refractivity contribution in [3.05, 3.63) is 29.8 Å². The van der Waals surface area contributed by atoms with Crippen molar-refractivity contribution < 1.29 is 4.79 Å². The van der Waals surface area contributed by atoms with Gasteiger partial charge in [-0.3, -0.25) is 4.79 Å². The summed E-state index contributed by atoms with van der Waals surface area (Å²) < 4.78 is -0.309. The maximum absolute atomic E-state index is 12.1. The molecule has 1 aromatic heterocycles. The van der Waals surface area contributed by atoms with Gasteiger partial charge in [0.2, 0.25) is 11.7 Å². The summed E-state index contributed by atoms with van der Waals surface area (Å²) in [6.07, 6.45) is 1.95. The lowest BCUT2D eigenvalue weighted by molar-refractivity contribution is -0.123. The van der Waals surface area contributed by atoms with Gasteiger partial charge in [0.1, 0.15) is 0 Å². The van der Waals surface area contributed by atoms with Gasteiger partial charge in [0.25, 0.3) is 0 Å². The van der Waals surface area contributed by atoms with Crippen LogP contribution >= 0.6 is 11.8 Å². The number of benzene rings is 1. The van der Waals surface area contributed by atoms with Crippen LogP contribution in [-0.2, 0) is 11.3 Å². The number of nitrogens with two attached hydrogens (primary N) is 1. The van der Waals surface area contributed by atoms with Gasteiger partial charge in [0.05, 0.1) is 6.04 Å². The normalized spacial score (nSPS) is 12.9. The Balaban J connectivity index is 2.00. The lowest BCUT2D eigenvalue weighted by Crippen LogP contribution is -2.51. The first-order valence-corrected chi connectivity index (χ1v) is 8.07. The molecule has 0 aliphatic heterocycles. The van der Waals surface area contributed by atoms with Crippen molar-refractivity contribution in [1.82, 2.24) is 25.9 Å². The molecule has 2 rings (SSSR count). The van der Waals surface area contributed by atoms with Crippen LogP contribution in [0.4, 0.5) is 0 Å². The van der Waals surface area contributed by atoms with E-state index >= 15 is 0 Å². The number of carbonyl (C=O) groups is 1. The standard InChI is InChI=1S/C14H20N6OS/c1-14(2,22-3)11(15)13(21)16-8-9-5-4-6-10(7-9)12-17-19-20-18-12/h4-7,11H,8,15H2,1-3H3,(H,16,21)(H,17,18,19,20)/t11-/m1/s1. The Morgan fingerprint density at radius 2 is 2.27 bits per heavy atom. The number of aromatic nitrogens is 4. The molecule has 0 unspecified atom stereocenters. The third-order valence-electron chi connectivity index (χ3n) is 3.55. The predicted molar refractivity (Wildman–Crippen MR) is 87.0 cm³/mol. The van der Waals surface area contributed by atoms with Crippen molar-refractivity contribution >= 4 is 17.7 Å². The van der Waals surface area contributed by atoms with Gasteiger partial charge in [0, 0.05) is 16.9 Å². The number of aromatic amines is 1. The molecule has 8 heteroatoms. The average molecular weight is 320 g/mol. The van der Waals surface area contributed by atoms with Gasteiger partial charge in [-0.1, -0.05) is 18.2 Å². The van der Waals surface area contributed by atoms with Crippen LogP contribution in [0.25, 0.3) is 11.4 Å². The first kappa shape index (κ1) is 16.4. The number of carbonyl (C=O) groups excluding carboxylic acids is 1. The van der Waals surface area contributed by atoms with Crippen LogP contribution in [-0.4, -0.2) is 43.6 Å². The third kappa shape index (κ3) is 3.83. The van der Waals surface area contributed by atoms with Crippen molar-refractivity contribution in [2.45, 2.75) is 31.2 Å². The first-order valence-electron chi connectivity index (χ1n) is 6.85. The first-order chi connectivity index (χ1) is 10.4. The number of tetrazole rings is 1. The summed E-state index contributed by atoms with van der Waals surface area (Å²) >= 11 is 1.57. The van der Waals surface area contributed by atoms with E-state index < -0.39 is 6.04 Å². The van der Waals surface area contributed by atoms with Gasteiger partial charge in [-0.15, -0.1) is 10.2 Å². The molecular formula is C14H20N6OS. The minimum atomic E-state index is -0.567. The molecule has 0 bridgehead atoms. The number of nitrogens with zero attached hydrogens (tertiary/aromatic N) is 3. The molecule has 0 saturated carbocycles. The Morgan fingerprint density at radius 1 is 1.50 bits per heavy atom. The molecule has 0 aliphatic carbocycles. The number of H-pyrrole nitrogens is 1. The number of nitrogens with one attached hydrogen (secondary N) is 2. The van der Waals surface area contributed by atoms with E-state index in [2.05, 4.69) is 25.9 Å². The van der Waals surface area contributed by atoms with Gasteiger partial charge < -0.3 is 11.1 Å². The van der Waals surface area contributed by atoms with Crippen LogP contribution in [0.3, 0.4) is 0 Å². The van der Waals surface area contributed by atoms with Gasteiger partial charge in [0.15, 0.2) is 0 Å². The largest absolute Gasteiger partial charge is 0.351 e. The molecule has 22 heavy (non-hydrogen) atoms. The SMILES string of the molecule is CSC(C)(C)[C@H](N)C(=O)NCc1cccc(-c2nn[nH]n2)c1. The highest BCUT2D eigenvalue weighted by atomic mass is 32.2. The second-order valence-corrected chi connectivity index (χ2v) is 6.90. The zero-order chi connectivity index (χ0) is 16.2. The third-order valence-corrected chi connectivity index (χ3v) is 4.86. The summed E-state index contributed by atoms with van der Waals surface area (Å²) in [4.78, 5) is 12.1. The van der Waals surface area contributed by atoms with E-state index in [0.717, 1.165) is 11.1 Å². The maximum atomic E-state index is 12.1. The Labute approximate surface area is 133 Å². The number of hydrogen-bond acceptors (Lipinski definition) is 6. The molecule has 0 aliphatic rings. The highest BCUT2D eigenvalue weighted by molar-refractivity contribution is 8.00. The van der Waals surface area contributed by atoms with Crippen LogP contribution in [0.2, 0.25) is 0 Å². The summed E-state index contributed by atoms with van der Waals surface area (Å²) in [5.41, 5.74) is 7.80. The van der Waals surface area contributed by atoms with Crippen LogP contribution in [0.15, 0.2) is 24.3 Å². The van der Waals surface area contributed by atoms with Crippen LogP contribution < -0.4 is 11.1 Å². The second-order valence-electron chi connectivity index (χ2n) is 5.44. The number of hydrogen-bond donors (Lipinski definition) is 3. The van der Waals surface area contributed by atoms with E-state index in [1.54, 1.807) is 11.8 Å². The molecule has 1 aromatic carbocycles. The van der Waals surface area contributed by atoms with Gasteiger partial charge in [-0.2, -0.15) is 17.0 Å². The summed E-state index contributed by atoms with van der Waals surface area (Å²) in [7, 11) is 0. The summed E-state index contributed by atoms with van der Waals surface area (Å²) in [5.74, 6) is 0.359. The fourth-order valence-corrected chi connectivity index (χ4v) is 2.21. The minimum absolute atomic E-state index is 0.163. The molecule has 0 fully saturated rings. The molecule has 4 N–H and O–H groups in total. The Hall–Kier alpha value is -1.93. The van der Waals surface area contributed by atoms with Gasteiger partial charge in [-0.25, -0.2) is 0 Å². The van der Waals surface area contributed by atoms with Crippen molar-refractivity contribution in [1.29, 1.82) is 0 Å². The minimum Gasteiger partial charge on any atom is -0.351 e. The Kier molecular flexibility index (Phi) is 5.15. The zero-order valence-corrected chi connectivity index (χ0v) is 13.6. The highest BCUT2D eigenvalue weighted by Crippen LogP contribution is 2.24. The monoisotopic (exact) mass is 320 g/mol. The lowest BCUT2D eigenvalue weighted by atomic mass is 10.0. The highest BCUT2D eigenvalue weighted by Gasteiger charge is 2.30. The molecule has 0 radical (unpaired) electrons. The molecule has 7 nitrogen and oxygen atoms in total. The number of rotatable bonds is 6. The Bertz CT molecular complexity index is 628. The van der Waals surface area contributed by atoms with Gasteiger partial charge in [-0.05, 0) is 36.9 Å². The fourth-order valence-electron chi connectivity index (χ4n) is 1.85. The van der Waals surface area contributed by atoms with Crippen LogP contribution in [0.5, 0.6) is 0 Å². The van der Waals surface area contributed by atoms with Crippen molar-refractivity contribution in [3.8, 4) is 11.4 Å². The molecule has 118 valence electrons. The quantitative estimate of drug-likeness (QED) is 0.731. The molecule has 0 saturated heterocycles. The smallest absolute Gasteiger partial charge is 0.238 e. The van der Waals surface area contributed by atoms with E-state index in [4.69, 9.17) is 5.73 Å². The lowest BCUT2D eigenvalue weighted by Gasteiger charge is -2.28. The Morgan fingerprint density at radius 3 is 2.91 bits per heavy atom. The van der Waals surface area contributed by atoms with Crippen molar-refractivity contribution in [2.75, 3.05) is 6.26 Å². The molecule has 1 amide bonds. The molecular weight excluding hydrogens is 300 g/mol. The van der Waals surface area contributed by atoms with E-state index in [0.29, 0.717) is 12.4 Å². The number of amides is 1. The fraction of sp³-hybridized carbons (Fsp3) is 0.429. The average Bonchev–Trinajstić information content (AvgIpc) is 3.06. The summed E-state index contributed by atoms with van der Waals surface area (Å²) in [6.45, 7) is 4.32. The van der Waals surface area contributed by atoms with Crippen molar-refractivity contribution in [2.24, 2.45) is 5.73 Å². The summed E-state index contributed by atoms with van der Waals surface area (Å²) in [6, 6.07) is 7.05. The van der Waals surface area contributed by atoms with E-state index in [-0.39, 0.29) is 10.7 Å². The second kappa shape index (κ2) is 6.89. The van der Waals surface area contributed by atoms with E-state index in [1.807, 2.05) is 44.4 Å². The molecule has 1 atom stereocenters. The number of thioether (sulfide) groups is 1. The maximum Gasteiger partial charge on any atom is 0.238 e. The summed E-state index contributed by atoms with van der Waals surface area (Å²) in [5, 5.41) is 16.7. The van der Waals surface area contributed by atoms with Crippen LogP contribution in [0.1, 0.15) is 19.4 Å². The molecule has 2 aromatic rings. The van der Waals surface area contributed by atoms with Crippen LogP contribution in [0, 0.1) is 0 Å². The van der Waals surface area contributed by atoms with Crippen molar-refractivity contribution in [3.63, 3.8) is 0 Å². The molecule has 0 spiro atoms. The van der Waals surface area contributed by atoms with E-state index in [9.17, 15) is 4.79 Å². The molecule has 1 heterocycles. The predicted octanol–water partition coefficient (Wildman–Crippen LogP) is 0.952.